The number of nitrogens with one attached hydrogen (secondary N) is 1. The number of halogens is 2. The Morgan fingerprint density at radius 1 is 1.25 bits per heavy atom. The third-order valence-electron chi connectivity index (χ3n) is 4.09. The molecule has 1 fully saturated rings. The molecule has 1 aliphatic rings. The summed E-state index contributed by atoms with van der Waals surface area (Å²) in [5, 5.41) is 0.694. The maximum absolute atomic E-state index is 13.8. The van der Waals surface area contributed by atoms with E-state index in [0.717, 1.165) is 31.7 Å². The molecule has 3 rings (SSSR count). The van der Waals surface area contributed by atoms with E-state index in [4.69, 9.17) is 12.2 Å². The molecular weight excluding hydrogens is 298 g/mol. The molecule has 1 aromatic carbocycles. The fourth-order valence-electron chi connectivity index (χ4n) is 3.05. The van der Waals surface area contributed by atoms with Crippen molar-refractivity contribution < 1.29 is 8.78 Å². The molecule has 1 aliphatic carbocycles. The van der Waals surface area contributed by atoms with E-state index in [-0.39, 0.29) is 6.04 Å². The summed E-state index contributed by atoms with van der Waals surface area (Å²) >= 11 is 7.20. The van der Waals surface area contributed by atoms with Crippen molar-refractivity contribution in [2.24, 2.45) is 0 Å². The number of aromatic nitrogens is 2. The molecule has 0 aliphatic heterocycles. The van der Waals surface area contributed by atoms with Gasteiger partial charge >= 0.3 is 0 Å². The molecule has 2 aromatic rings. The summed E-state index contributed by atoms with van der Waals surface area (Å²) in [4.78, 5) is 2.88. The molecule has 1 N–H and O–H groups in total. The second-order valence-electron chi connectivity index (χ2n) is 5.25. The van der Waals surface area contributed by atoms with Gasteiger partial charge in [0.05, 0.1) is 5.52 Å². The first-order chi connectivity index (χ1) is 9.60. The highest BCUT2D eigenvalue weighted by Crippen LogP contribution is 2.36. The van der Waals surface area contributed by atoms with Crippen molar-refractivity contribution in [3.8, 4) is 0 Å². The highest BCUT2D eigenvalue weighted by Gasteiger charge is 2.24. The number of H-pyrrole nitrogens is 1. The van der Waals surface area contributed by atoms with Crippen molar-refractivity contribution >= 4 is 35.0 Å². The van der Waals surface area contributed by atoms with Gasteiger partial charge in [-0.3, -0.25) is 0 Å². The lowest BCUT2D eigenvalue weighted by Crippen LogP contribution is -2.19. The molecule has 0 spiro atoms. The van der Waals surface area contributed by atoms with Gasteiger partial charge in [0.1, 0.15) is 11.3 Å². The van der Waals surface area contributed by atoms with Crippen LogP contribution >= 0.6 is 24.0 Å². The van der Waals surface area contributed by atoms with E-state index >= 15 is 0 Å². The number of fused-ring (bicyclic) bond motifs is 1. The van der Waals surface area contributed by atoms with Gasteiger partial charge in [-0.1, -0.05) is 0 Å². The average molecular weight is 314 g/mol. The number of imidazole rings is 1. The fraction of sp³-hybridized carbons (Fsp3) is 0.500. The molecule has 1 heterocycles. The summed E-state index contributed by atoms with van der Waals surface area (Å²) in [7, 11) is 0. The van der Waals surface area contributed by atoms with Crippen LogP contribution < -0.4 is 0 Å². The van der Waals surface area contributed by atoms with Crippen LogP contribution in [0.5, 0.6) is 0 Å². The zero-order valence-electron chi connectivity index (χ0n) is 11.2. The van der Waals surface area contributed by atoms with Gasteiger partial charge in [-0.25, -0.2) is 8.78 Å². The summed E-state index contributed by atoms with van der Waals surface area (Å²) in [5.41, 5.74) is 0.850. The fourth-order valence-corrected chi connectivity index (χ4v) is 4.15. The minimum absolute atomic E-state index is 0.237. The quantitative estimate of drug-likeness (QED) is 0.802. The van der Waals surface area contributed by atoms with Crippen LogP contribution in [0.25, 0.3) is 11.0 Å². The summed E-state index contributed by atoms with van der Waals surface area (Å²) in [5.74, 6) is -1.14. The summed E-state index contributed by atoms with van der Waals surface area (Å²) in [6.45, 7) is 0. The second kappa shape index (κ2) is 5.48. The van der Waals surface area contributed by atoms with Crippen molar-refractivity contribution in [3.05, 3.63) is 28.5 Å². The molecule has 1 saturated carbocycles. The van der Waals surface area contributed by atoms with Gasteiger partial charge in [-0.05, 0) is 50.2 Å². The third-order valence-corrected chi connectivity index (χ3v) is 5.52. The highest BCUT2D eigenvalue weighted by atomic mass is 32.2. The van der Waals surface area contributed by atoms with Crippen LogP contribution in [0, 0.1) is 16.4 Å². The number of hydrogen-bond acceptors (Lipinski definition) is 2. The molecule has 20 heavy (non-hydrogen) atoms. The van der Waals surface area contributed by atoms with Crippen molar-refractivity contribution in [1.29, 1.82) is 0 Å². The molecule has 0 bridgehead atoms. The van der Waals surface area contributed by atoms with Crippen molar-refractivity contribution in [1.82, 2.24) is 9.55 Å². The predicted octanol–water partition coefficient (Wildman–Crippen LogP) is 4.82. The number of thioether (sulfide) groups is 1. The molecule has 108 valence electrons. The molecule has 0 unspecified atom stereocenters. The van der Waals surface area contributed by atoms with Gasteiger partial charge in [-0.15, -0.1) is 0 Å². The molecule has 0 saturated heterocycles. The van der Waals surface area contributed by atoms with Crippen molar-refractivity contribution in [2.45, 2.75) is 37.0 Å². The second-order valence-corrected chi connectivity index (χ2v) is 6.77. The number of hydrogen-bond donors (Lipinski definition) is 1. The Hall–Kier alpha value is -0.880. The molecule has 0 amide bonds. The SMILES string of the molecule is CSC1CCC(n2c(=S)[nH]c3c(F)cc(F)cc32)CC1. The minimum Gasteiger partial charge on any atom is -0.328 e. The van der Waals surface area contributed by atoms with Gasteiger partial charge in [-0.2, -0.15) is 11.8 Å². The van der Waals surface area contributed by atoms with Crippen LogP contribution in [-0.2, 0) is 0 Å². The maximum Gasteiger partial charge on any atom is 0.178 e. The van der Waals surface area contributed by atoms with E-state index in [2.05, 4.69) is 11.2 Å². The van der Waals surface area contributed by atoms with Gasteiger partial charge in [0.25, 0.3) is 0 Å². The first-order valence-electron chi connectivity index (χ1n) is 6.72. The zero-order chi connectivity index (χ0) is 14.3. The van der Waals surface area contributed by atoms with E-state index < -0.39 is 11.6 Å². The van der Waals surface area contributed by atoms with E-state index in [0.29, 0.717) is 21.1 Å². The van der Waals surface area contributed by atoms with Crippen LogP contribution in [-0.4, -0.2) is 21.1 Å². The molecule has 1 aromatic heterocycles. The number of aromatic amines is 1. The van der Waals surface area contributed by atoms with Gasteiger partial charge in [0.15, 0.2) is 10.6 Å². The third kappa shape index (κ3) is 2.39. The molecule has 6 heteroatoms. The van der Waals surface area contributed by atoms with E-state index in [1.165, 1.54) is 6.07 Å². The lowest BCUT2D eigenvalue weighted by molar-refractivity contribution is 0.364. The Morgan fingerprint density at radius 2 is 1.95 bits per heavy atom. The molecule has 0 radical (unpaired) electrons. The van der Waals surface area contributed by atoms with Crippen LogP contribution in [0.1, 0.15) is 31.7 Å². The first-order valence-corrected chi connectivity index (χ1v) is 8.42. The van der Waals surface area contributed by atoms with Gasteiger partial charge in [0, 0.05) is 17.4 Å². The van der Waals surface area contributed by atoms with E-state index in [9.17, 15) is 8.78 Å². The topological polar surface area (TPSA) is 20.7 Å². The number of rotatable bonds is 2. The molecular formula is C14H16F2N2S2. The predicted molar refractivity (Wildman–Crippen MR) is 81.8 cm³/mol. The Labute approximate surface area is 125 Å². The minimum atomic E-state index is -0.581. The van der Waals surface area contributed by atoms with E-state index in [1.807, 2.05) is 16.3 Å². The van der Waals surface area contributed by atoms with Crippen LogP contribution in [0.3, 0.4) is 0 Å². The lowest BCUT2D eigenvalue weighted by Gasteiger charge is -2.28. The summed E-state index contributed by atoms with van der Waals surface area (Å²) in [6.07, 6.45) is 6.39. The number of nitrogens with zero attached hydrogens (tertiary/aromatic N) is 1. The largest absolute Gasteiger partial charge is 0.328 e. The Morgan fingerprint density at radius 3 is 2.60 bits per heavy atom. The normalized spacial score (nSPS) is 23.4. The zero-order valence-corrected chi connectivity index (χ0v) is 12.8. The highest BCUT2D eigenvalue weighted by molar-refractivity contribution is 7.99. The molecule has 0 atom stereocenters. The Kier molecular flexibility index (Phi) is 3.86. The Balaban J connectivity index is 2.04. The Bertz CT molecular complexity index is 684. The lowest BCUT2D eigenvalue weighted by atomic mass is 9.94. The van der Waals surface area contributed by atoms with Crippen molar-refractivity contribution in [2.75, 3.05) is 6.26 Å². The van der Waals surface area contributed by atoms with Gasteiger partial charge in [0.2, 0.25) is 0 Å². The van der Waals surface area contributed by atoms with E-state index in [1.54, 1.807) is 0 Å². The van der Waals surface area contributed by atoms with Crippen molar-refractivity contribution in [3.63, 3.8) is 0 Å². The summed E-state index contributed by atoms with van der Waals surface area (Å²) < 4.78 is 29.6. The molecule has 2 nitrogen and oxygen atoms in total. The van der Waals surface area contributed by atoms with Gasteiger partial charge < -0.3 is 9.55 Å². The van der Waals surface area contributed by atoms with Crippen LogP contribution in [0.15, 0.2) is 12.1 Å². The van der Waals surface area contributed by atoms with Crippen LogP contribution in [0.2, 0.25) is 0 Å². The monoisotopic (exact) mass is 314 g/mol. The average Bonchev–Trinajstić information content (AvgIpc) is 2.76. The van der Waals surface area contributed by atoms with Crippen LogP contribution in [0.4, 0.5) is 8.78 Å². The summed E-state index contributed by atoms with van der Waals surface area (Å²) in [6, 6.07) is 2.49. The maximum atomic E-state index is 13.8. The number of benzene rings is 1. The smallest absolute Gasteiger partial charge is 0.178 e. The first kappa shape index (κ1) is 14.1. The standard InChI is InChI=1S/C14H16F2N2S2/c1-20-10-4-2-9(3-5-10)18-12-7-8(15)6-11(16)13(12)17-14(18)19/h6-7,9-10H,2-5H2,1H3,(H,17,19).